The molecule has 0 rings (SSSR count). The molecule has 0 saturated heterocycles. The molecule has 9 heavy (non-hydrogen) atoms. The van der Waals surface area contributed by atoms with Crippen LogP contribution in [-0.2, 0) is 0 Å². The van der Waals surface area contributed by atoms with Gasteiger partial charge in [-0.3, -0.25) is 0 Å². The fourth-order valence-corrected chi connectivity index (χ4v) is 0.602. The lowest BCUT2D eigenvalue weighted by Gasteiger charge is -2.09. The van der Waals surface area contributed by atoms with Crippen LogP contribution in [0.1, 0.15) is 26.7 Å². The number of hydrazone groups is 1. The van der Waals surface area contributed by atoms with Gasteiger partial charge in [0.2, 0.25) is 0 Å². The molecule has 0 aromatic heterocycles. The highest BCUT2D eigenvalue weighted by atomic mass is 15.4. The summed E-state index contributed by atoms with van der Waals surface area (Å²) in [6, 6.07) is 0. The summed E-state index contributed by atoms with van der Waals surface area (Å²) in [5.41, 5.74) is 0. The van der Waals surface area contributed by atoms with Crippen molar-refractivity contribution in [1.29, 1.82) is 0 Å². The Hall–Kier alpha value is -0.530. The molecule has 54 valence electrons. The third-order valence-corrected chi connectivity index (χ3v) is 1.01. The molecule has 2 nitrogen and oxygen atoms in total. The molecule has 0 aliphatic heterocycles. The van der Waals surface area contributed by atoms with Crippen molar-refractivity contribution < 1.29 is 0 Å². The van der Waals surface area contributed by atoms with Crippen LogP contribution in [0.25, 0.3) is 0 Å². The van der Waals surface area contributed by atoms with Gasteiger partial charge in [-0.2, -0.15) is 5.10 Å². The normalized spacial score (nSPS) is 10.6. The van der Waals surface area contributed by atoms with E-state index in [1.807, 2.05) is 18.3 Å². The van der Waals surface area contributed by atoms with Gasteiger partial charge < -0.3 is 5.01 Å². The third kappa shape index (κ3) is 5.34. The van der Waals surface area contributed by atoms with Gasteiger partial charge in [-0.1, -0.05) is 13.8 Å². The number of rotatable bonds is 4. The first-order valence-corrected chi connectivity index (χ1v) is 3.54. The van der Waals surface area contributed by atoms with E-state index in [4.69, 9.17) is 0 Å². The fraction of sp³-hybridized carbons (Fsp3) is 0.857. The van der Waals surface area contributed by atoms with Crippen LogP contribution in [0, 0.1) is 0 Å². The van der Waals surface area contributed by atoms with E-state index in [2.05, 4.69) is 18.9 Å². The van der Waals surface area contributed by atoms with Crippen LogP contribution < -0.4 is 0 Å². The lowest BCUT2D eigenvalue weighted by atomic mass is 10.5. The molecule has 0 aliphatic rings. The summed E-state index contributed by atoms with van der Waals surface area (Å²) in [7, 11) is 2.00. The Labute approximate surface area is 57.6 Å². The highest BCUT2D eigenvalue weighted by Gasteiger charge is 1.84. The van der Waals surface area contributed by atoms with Crippen LogP contribution in [0.2, 0.25) is 0 Å². The predicted molar refractivity (Wildman–Crippen MR) is 41.7 cm³/mol. The highest BCUT2D eigenvalue weighted by molar-refractivity contribution is 5.55. The molecule has 0 aliphatic carbocycles. The molecule has 0 radical (unpaired) electrons. The summed E-state index contributed by atoms with van der Waals surface area (Å²) < 4.78 is 0. The summed E-state index contributed by atoms with van der Waals surface area (Å²) in [5.74, 6) is 0. The predicted octanol–water partition coefficient (Wildman–Crippen LogP) is 1.72. The Balaban J connectivity index is 3.25. The molecule has 0 unspecified atom stereocenters. The van der Waals surface area contributed by atoms with Gasteiger partial charge in [-0.25, -0.2) is 0 Å². The van der Waals surface area contributed by atoms with E-state index < -0.39 is 0 Å². The van der Waals surface area contributed by atoms with E-state index in [0.717, 1.165) is 19.4 Å². The number of hydrogen-bond donors (Lipinski definition) is 0. The molecule has 0 N–H and O–H groups in total. The molecule has 0 atom stereocenters. The first-order chi connectivity index (χ1) is 4.31. The van der Waals surface area contributed by atoms with Crippen molar-refractivity contribution in [3.05, 3.63) is 0 Å². The summed E-state index contributed by atoms with van der Waals surface area (Å²) in [5, 5.41) is 6.10. The number of hydrogen-bond acceptors (Lipinski definition) is 2. The minimum absolute atomic E-state index is 1.02. The topological polar surface area (TPSA) is 15.6 Å². The van der Waals surface area contributed by atoms with Gasteiger partial charge in [0.25, 0.3) is 0 Å². The average molecular weight is 128 g/mol. The van der Waals surface area contributed by atoms with Crippen molar-refractivity contribution >= 4 is 6.21 Å². The van der Waals surface area contributed by atoms with Crippen molar-refractivity contribution in [1.82, 2.24) is 5.01 Å². The van der Waals surface area contributed by atoms with Crippen molar-refractivity contribution in [2.24, 2.45) is 5.10 Å². The summed E-state index contributed by atoms with van der Waals surface area (Å²) >= 11 is 0. The van der Waals surface area contributed by atoms with Crippen LogP contribution in [0.4, 0.5) is 0 Å². The van der Waals surface area contributed by atoms with Crippen LogP contribution in [-0.4, -0.2) is 24.8 Å². The first-order valence-electron chi connectivity index (χ1n) is 3.54. The smallest absolute Gasteiger partial charge is 0.0354 e. The van der Waals surface area contributed by atoms with Crippen LogP contribution in [0.15, 0.2) is 5.10 Å². The summed E-state index contributed by atoms with van der Waals surface area (Å²) in [6.45, 7) is 5.29. The molecule has 0 amide bonds. The standard InChI is InChI=1S/C7H16N2/c1-4-6-8-9(3)7-5-2/h6H,4-5,7H2,1-3H3/b8-6-. The second-order valence-electron chi connectivity index (χ2n) is 2.09. The van der Waals surface area contributed by atoms with Crippen molar-refractivity contribution in [2.75, 3.05) is 13.6 Å². The molecule has 0 aromatic rings. The van der Waals surface area contributed by atoms with Gasteiger partial charge in [-0.05, 0) is 12.8 Å². The van der Waals surface area contributed by atoms with E-state index in [1.165, 1.54) is 0 Å². The molecular weight excluding hydrogens is 112 g/mol. The maximum Gasteiger partial charge on any atom is 0.0354 e. The van der Waals surface area contributed by atoms with Crippen LogP contribution >= 0.6 is 0 Å². The summed E-state index contributed by atoms with van der Waals surface area (Å²) in [6.07, 6.45) is 4.11. The van der Waals surface area contributed by atoms with Crippen molar-refractivity contribution in [3.63, 3.8) is 0 Å². The lowest BCUT2D eigenvalue weighted by molar-refractivity contribution is 0.356. The quantitative estimate of drug-likeness (QED) is 0.416. The molecular formula is C7H16N2. The van der Waals surface area contributed by atoms with E-state index in [0.29, 0.717) is 0 Å². The monoisotopic (exact) mass is 128 g/mol. The van der Waals surface area contributed by atoms with E-state index in [-0.39, 0.29) is 0 Å². The maximum absolute atomic E-state index is 4.14. The largest absolute Gasteiger partial charge is 0.300 e. The Bertz CT molecular complexity index is 79.0. The first kappa shape index (κ1) is 8.47. The van der Waals surface area contributed by atoms with Gasteiger partial charge in [0.1, 0.15) is 0 Å². The zero-order chi connectivity index (χ0) is 7.11. The van der Waals surface area contributed by atoms with Gasteiger partial charge in [0.15, 0.2) is 0 Å². The Morgan fingerprint density at radius 1 is 1.44 bits per heavy atom. The molecule has 0 heterocycles. The van der Waals surface area contributed by atoms with Gasteiger partial charge in [0.05, 0.1) is 0 Å². The maximum atomic E-state index is 4.14. The Morgan fingerprint density at radius 2 is 2.11 bits per heavy atom. The van der Waals surface area contributed by atoms with Crippen LogP contribution in [0.3, 0.4) is 0 Å². The molecule has 2 heteroatoms. The van der Waals surface area contributed by atoms with E-state index >= 15 is 0 Å². The molecule has 0 aromatic carbocycles. The Kier molecular flexibility index (Phi) is 5.27. The van der Waals surface area contributed by atoms with Crippen LogP contribution in [0.5, 0.6) is 0 Å². The van der Waals surface area contributed by atoms with E-state index in [1.54, 1.807) is 0 Å². The van der Waals surface area contributed by atoms with E-state index in [9.17, 15) is 0 Å². The molecule has 0 spiro atoms. The molecule has 0 fully saturated rings. The summed E-state index contributed by atoms with van der Waals surface area (Å²) in [4.78, 5) is 0. The minimum Gasteiger partial charge on any atom is -0.300 e. The highest BCUT2D eigenvalue weighted by Crippen LogP contribution is 1.85. The second-order valence-corrected chi connectivity index (χ2v) is 2.09. The zero-order valence-electron chi connectivity index (χ0n) is 6.59. The molecule has 0 saturated carbocycles. The van der Waals surface area contributed by atoms with Gasteiger partial charge >= 0.3 is 0 Å². The number of nitrogens with zero attached hydrogens (tertiary/aromatic N) is 2. The third-order valence-electron chi connectivity index (χ3n) is 1.01. The molecule has 0 bridgehead atoms. The lowest BCUT2D eigenvalue weighted by Crippen LogP contribution is -2.11. The SMILES string of the molecule is CC/C=N\N(C)CCC. The van der Waals surface area contributed by atoms with Gasteiger partial charge in [0, 0.05) is 19.8 Å². The Morgan fingerprint density at radius 3 is 2.56 bits per heavy atom. The minimum atomic E-state index is 1.02. The second kappa shape index (κ2) is 5.60. The van der Waals surface area contributed by atoms with Gasteiger partial charge in [-0.15, -0.1) is 0 Å². The fourth-order valence-electron chi connectivity index (χ4n) is 0.602. The zero-order valence-corrected chi connectivity index (χ0v) is 6.59. The average Bonchev–Trinajstić information content (AvgIpc) is 1.85. The van der Waals surface area contributed by atoms with Crippen molar-refractivity contribution in [3.8, 4) is 0 Å². The van der Waals surface area contributed by atoms with Crippen molar-refractivity contribution in [2.45, 2.75) is 26.7 Å².